The van der Waals surface area contributed by atoms with Gasteiger partial charge in [-0.15, -0.1) is 0 Å². The second-order valence-corrected chi connectivity index (χ2v) is 6.65. The first-order chi connectivity index (χ1) is 12.5. The Balaban J connectivity index is 2.10. The number of rotatable bonds is 7. The molecular formula is C19H25ClN2O4. The summed E-state index contributed by atoms with van der Waals surface area (Å²) >= 11 is 6.28. The van der Waals surface area contributed by atoms with Gasteiger partial charge in [0.25, 0.3) is 0 Å². The monoisotopic (exact) mass is 380 g/mol. The number of primary amides is 1. The van der Waals surface area contributed by atoms with Gasteiger partial charge in [-0.25, -0.2) is 0 Å². The molecule has 1 fully saturated rings. The quantitative estimate of drug-likeness (QED) is 0.737. The maximum atomic E-state index is 12.4. The number of nitrogens with two attached hydrogens (primary N) is 1. The zero-order chi connectivity index (χ0) is 19.1. The van der Waals surface area contributed by atoms with Gasteiger partial charge < -0.3 is 20.1 Å². The van der Waals surface area contributed by atoms with Crippen LogP contribution in [0.4, 0.5) is 0 Å². The van der Waals surface area contributed by atoms with E-state index in [9.17, 15) is 9.59 Å². The summed E-state index contributed by atoms with van der Waals surface area (Å²) in [6, 6.07) is 3.49. The van der Waals surface area contributed by atoms with Crippen molar-refractivity contribution in [2.45, 2.75) is 26.2 Å². The lowest BCUT2D eigenvalue weighted by molar-refractivity contribution is -0.130. The normalized spacial score (nSPS) is 17.3. The Kier molecular flexibility index (Phi) is 7.33. The Morgan fingerprint density at radius 1 is 1.42 bits per heavy atom. The molecular weight excluding hydrogens is 356 g/mol. The molecule has 0 aliphatic carbocycles. The molecule has 0 spiro atoms. The maximum absolute atomic E-state index is 12.4. The number of hydrogen-bond donors (Lipinski definition) is 1. The van der Waals surface area contributed by atoms with Gasteiger partial charge in [-0.05, 0) is 43.0 Å². The number of hydrogen-bond acceptors (Lipinski definition) is 4. The van der Waals surface area contributed by atoms with E-state index in [0.717, 1.165) is 24.8 Å². The molecule has 0 saturated carbocycles. The lowest BCUT2D eigenvalue weighted by Gasteiger charge is -2.30. The van der Waals surface area contributed by atoms with Crippen molar-refractivity contribution in [2.24, 2.45) is 11.7 Å². The van der Waals surface area contributed by atoms with Crippen LogP contribution in [-0.4, -0.2) is 43.5 Å². The first-order valence-corrected chi connectivity index (χ1v) is 9.10. The van der Waals surface area contributed by atoms with Gasteiger partial charge in [0.2, 0.25) is 11.8 Å². The number of ether oxygens (including phenoxy) is 2. The molecule has 2 amide bonds. The molecule has 2 rings (SSSR count). The summed E-state index contributed by atoms with van der Waals surface area (Å²) in [5.74, 6) is 0.235. The predicted octanol–water partition coefficient (Wildman–Crippen LogP) is 2.87. The van der Waals surface area contributed by atoms with Crippen LogP contribution in [0.1, 0.15) is 31.7 Å². The van der Waals surface area contributed by atoms with Crippen LogP contribution in [0.15, 0.2) is 18.2 Å². The molecule has 1 saturated heterocycles. The van der Waals surface area contributed by atoms with Gasteiger partial charge in [0, 0.05) is 19.2 Å². The smallest absolute Gasteiger partial charge is 0.246 e. The first-order valence-electron chi connectivity index (χ1n) is 8.72. The first kappa shape index (κ1) is 20.1. The lowest BCUT2D eigenvalue weighted by atomic mass is 9.97. The average molecular weight is 381 g/mol. The highest BCUT2D eigenvalue weighted by Gasteiger charge is 2.25. The zero-order valence-corrected chi connectivity index (χ0v) is 15.9. The highest BCUT2D eigenvalue weighted by atomic mass is 35.5. The van der Waals surface area contributed by atoms with Gasteiger partial charge in [0.05, 0.1) is 24.7 Å². The van der Waals surface area contributed by atoms with E-state index in [1.807, 2.05) is 6.92 Å². The molecule has 1 aliphatic rings. The molecule has 7 heteroatoms. The van der Waals surface area contributed by atoms with Crippen LogP contribution in [0, 0.1) is 5.92 Å². The minimum Gasteiger partial charge on any atom is -0.493 e. The van der Waals surface area contributed by atoms with Crippen LogP contribution in [0.2, 0.25) is 5.02 Å². The van der Waals surface area contributed by atoms with E-state index in [4.69, 9.17) is 26.8 Å². The van der Waals surface area contributed by atoms with Crippen LogP contribution in [0.5, 0.6) is 11.5 Å². The Bertz CT molecular complexity index is 690. The van der Waals surface area contributed by atoms with E-state index in [-0.39, 0.29) is 17.7 Å². The van der Waals surface area contributed by atoms with Gasteiger partial charge >= 0.3 is 0 Å². The second-order valence-electron chi connectivity index (χ2n) is 6.24. The fourth-order valence-corrected chi connectivity index (χ4v) is 3.14. The summed E-state index contributed by atoms with van der Waals surface area (Å²) in [5.41, 5.74) is 6.09. The summed E-state index contributed by atoms with van der Waals surface area (Å²) in [4.78, 5) is 25.4. The maximum Gasteiger partial charge on any atom is 0.246 e. The van der Waals surface area contributed by atoms with E-state index in [2.05, 4.69) is 0 Å². The number of nitrogens with zero attached hydrogens (tertiary/aromatic N) is 1. The molecule has 1 aromatic carbocycles. The predicted molar refractivity (Wildman–Crippen MR) is 101 cm³/mol. The SMILES string of the molecule is CCCOc1c(Cl)cc(/C=C/C(=O)N2CCCC(C(N)=O)C2)cc1OC. The van der Waals surface area contributed by atoms with E-state index in [1.54, 1.807) is 30.2 Å². The molecule has 0 aromatic heterocycles. The molecule has 1 heterocycles. The molecule has 1 atom stereocenters. The molecule has 0 bridgehead atoms. The molecule has 6 nitrogen and oxygen atoms in total. The summed E-state index contributed by atoms with van der Waals surface area (Å²) in [7, 11) is 1.54. The Hall–Kier alpha value is -2.21. The van der Waals surface area contributed by atoms with Crippen molar-refractivity contribution >= 4 is 29.5 Å². The van der Waals surface area contributed by atoms with Crippen molar-refractivity contribution in [1.29, 1.82) is 0 Å². The zero-order valence-electron chi connectivity index (χ0n) is 15.2. The van der Waals surface area contributed by atoms with Gasteiger partial charge in [-0.2, -0.15) is 0 Å². The topological polar surface area (TPSA) is 81.9 Å². The summed E-state index contributed by atoms with van der Waals surface area (Å²) < 4.78 is 11.0. The van der Waals surface area contributed by atoms with Crippen molar-refractivity contribution in [3.05, 3.63) is 28.8 Å². The number of carbonyl (C=O) groups is 2. The molecule has 0 radical (unpaired) electrons. The van der Waals surface area contributed by atoms with Gasteiger partial charge in [-0.1, -0.05) is 18.5 Å². The van der Waals surface area contributed by atoms with Gasteiger partial charge in [-0.3, -0.25) is 9.59 Å². The van der Waals surface area contributed by atoms with Crippen molar-refractivity contribution in [2.75, 3.05) is 26.8 Å². The fourth-order valence-electron chi connectivity index (χ4n) is 2.86. The number of carbonyl (C=O) groups excluding carboxylic acids is 2. The molecule has 1 aliphatic heterocycles. The summed E-state index contributed by atoms with van der Waals surface area (Å²) in [5, 5.41) is 0.427. The van der Waals surface area contributed by atoms with E-state index in [1.165, 1.54) is 6.08 Å². The highest BCUT2D eigenvalue weighted by Crippen LogP contribution is 2.36. The van der Waals surface area contributed by atoms with Crippen molar-refractivity contribution in [3.8, 4) is 11.5 Å². The van der Waals surface area contributed by atoms with Gasteiger partial charge in [0.1, 0.15) is 0 Å². The number of piperidine rings is 1. The number of benzene rings is 1. The molecule has 142 valence electrons. The fraction of sp³-hybridized carbons (Fsp3) is 0.474. The Labute approximate surface area is 158 Å². The third-order valence-corrected chi connectivity index (χ3v) is 4.54. The van der Waals surface area contributed by atoms with Gasteiger partial charge in [0.15, 0.2) is 11.5 Å². The Morgan fingerprint density at radius 2 is 2.19 bits per heavy atom. The average Bonchev–Trinajstić information content (AvgIpc) is 2.64. The van der Waals surface area contributed by atoms with E-state index < -0.39 is 0 Å². The van der Waals surface area contributed by atoms with Crippen LogP contribution in [0.25, 0.3) is 6.08 Å². The third-order valence-electron chi connectivity index (χ3n) is 4.26. The van der Waals surface area contributed by atoms with E-state index in [0.29, 0.717) is 36.2 Å². The number of methoxy groups -OCH3 is 1. The van der Waals surface area contributed by atoms with Crippen molar-refractivity contribution in [1.82, 2.24) is 4.90 Å². The molecule has 1 unspecified atom stereocenters. The molecule has 1 aromatic rings. The standard InChI is InChI=1S/C19H25ClN2O4/c1-3-9-26-18-15(20)10-13(11-16(18)25-2)6-7-17(23)22-8-4-5-14(12-22)19(21)24/h6-7,10-11,14H,3-5,8-9,12H2,1-2H3,(H2,21,24)/b7-6+. The Morgan fingerprint density at radius 3 is 2.85 bits per heavy atom. The summed E-state index contributed by atoms with van der Waals surface area (Å²) in [6.07, 6.45) is 5.51. The van der Waals surface area contributed by atoms with Crippen LogP contribution >= 0.6 is 11.6 Å². The molecule has 2 N–H and O–H groups in total. The van der Waals surface area contributed by atoms with Crippen LogP contribution in [0.3, 0.4) is 0 Å². The molecule has 26 heavy (non-hydrogen) atoms. The number of likely N-dealkylation sites (tertiary alicyclic amines) is 1. The largest absolute Gasteiger partial charge is 0.493 e. The summed E-state index contributed by atoms with van der Waals surface area (Å²) in [6.45, 7) is 3.54. The minimum atomic E-state index is -0.356. The lowest BCUT2D eigenvalue weighted by Crippen LogP contribution is -2.43. The minimum absolute atomic E-state index is 0.155. The second kappa shape index (κ2) is 9.48. The van der Waals surface area contributed by atoms with E-state index >= 15 is 0 Å². The number of amides is 2. The third kappa shape index (κ3) is 5.14. The van der Waals surface area contributed by atoms with Crippen LogP contribution < -0.4 is 15.2 Å². The van der Waals surface area contributed by atoms with Crippen molar-refractivity contribution < 1.29 is 19.1 Å². The van der Waals surface area contributed by atoms with Crippen molar-refractivity contribution in [3.63, 3.8) is 0 Å². The highest BCUT2D eigenvalue weighted by molar-refractivity contribution is 6.32. The number of halogens is 1. The van der Waals surface area contributed by atoms with Crippen LogP contribution in [-0.2, 0) is 9.59 Å².